The molecule has 1 N–H and O–H groups in total. The average Bonchev–Trinajstić information content (AvgIpc) is 3.04. The summed E-state index contributed by atoms with van der Waals surface area (Å²) in [6.07, 6.45) is 0.382. The molecule has 0 radical (unpaired) electrons. The van der Waals surface area contributed by atoms with E-state index in [1.54, 1.807) is 36.1 Å². The van der Waals surface area contributed by atoms with Crippen molar-refractivity contribution in [3.63, 3.8) is 0 Å². The number of hydrogen-bond donors (Lipinski definition) is 1. The number of hydrogen-bond acceptors (Lipinski definition) is 6. The first kappa shape index (κ1) is 15.3. The Morgan fingerprint density at radius 1 is 1.45 bits per heavy atom. The molecule has 0 aliphatic heterocycles. The van der Waals surface area contributed by atoms with E-state index >= 15 is 0 Å². The second kappa shape index (κ2) is 6.68. The summed E-state index contributed by atoms with van der Waals surface area (Å²) >= 11 is 9.10. The number of amides is 1. The predicted molar refractivity (Wildman–Crippen MR) is 89.8 cm³/mol. The summed E-state index contributed by atoms with van der Waals surface area (Å²) in [6.45, 7) is 1.78. The second-order valence-corrected chi connectivity index (χ2v) is 7.37. The fourth-order valence-electron chi connectivity index (χ4n) is 1.80. The maximum absolute atomic E-state index is 11.8. The zero-order valence-corrected chi connectivity index (χ0v) is 14.0. The monoisotopic (exact) mass is 353 g/mol. The van der Waals surface area contributed by atoms with Crippen molar-refractivity contribution in [2.45, 2.75) is 17.7 Å². The van der Waals surface area contributed by atoms with Crippen molar-refractivity contribution in [3.05, 3.63) is 35.0 Å². The minimum Gasteiger partial charge on any atom is -0.360 e. The van der Waals surface area contributed by atoms with Crippen molar-refractivity contribution in [1.82, 2.24) is 10.1 Å². The van der Waals surface area contributed by atoms with Crippen LogP contribution in [0, 0.1) is 6.92 Å². The Kier molecular flexibility index (Phi) is 4.66. The van der Waals surface area contributed by atoms with Crippen LogP contribution in [0.5, 0.6) is 0 Å². The highest BCUT2D eigenvalue weighted by molar-refractivity contribution is 8.01. The van der Waals surface area contributed by atoms with Crippen molar-refractivity contribution in [2.24, 2.45) is 0 Å². The fraction of sp³-hybridized carbons (Fsp3) is 0.214. The number of thioether (sulfide) groups is 1. The Labute approximate surface area is 140 Å². The van der Waals surface area contributed by atoms with Gasteiger partial charge in [0.25, 0.3) is 0 Å². The molecule has 1 amide bonds. The van der Waals surface area contributed by atoms with Gasteiger partial charge in [0, 0.05) is 23.3 Å². The first-order valence-electron chi connectivity index (χ1n) is 6.52. The van der Waals surface area contributed by atoms with Crippen LogP contribution in [0.15, 0.2) is 33.1 Å². The number of benzene rings is 1. The van der Waals surface area contributed by atoms with Crippen LogP contribution < -0.4 is 5.32 Å². The molecule has 8 heteroatoms. The van der Waals surface area contributed by atoms with E-state index in [1.807, 2.05) is 18.2 Å². The summed E-state index contributed by atoms with van der Waals surface area (Å²) in [4.78, 5) is 16.3. The Bertz CT molecular complexity index is 815. The van der Waals surface area contributed by atoms with Gasteiger partial charge < -0.3 is 9.84 Å². The number of carbonyl (C=O) groups is 1. The zero-order chi connectivity index (χ0) is 15.5. The Morgan fingerprint density at radius 2 is 2.32 bits per heavy atom. The topological polar surface area (TPSA) is 68.0 Å². The first-order valence-corrected chi connectivity index (χ1v) is 8.70. The third-order valence-corrected chi connectivity index (χ3v) is 5.20. The molecule has 0 unspecified atom stereocenters. The molecule has 3 aromatic rings. The molecule has 0 spiro atoms. The maximum Gasteiger partial charge on any atom is 0.226 e. The number of carbonyl (C=O) groups excluding carboxylic acids is 1. The van der Waals surface area contributed by atoms with Gasteiger partial charge in [-0.25, -0.2) is 4.98 Å². The lowest BCUT2D eigenvalue weighted by Crippen LogP contribution is -2.12. The Hall–Kier alpha value is -1.57. The molecule has 5 nitrogen and oxygen atoms in total. The standard InChI is InChI=1S/C14H12ClN3O2S2/c1-8-6-12(18-20-8)17-13(19)4-5-21-14-16-10-7-9(15)2-3-11(10)22-14/h2-3,6-7H,4-5H2,1H3,(H,17,18,19). The fourth-order valence-corrected chi connectivity index (χ4v) is 4.03. The van der Waals surface area contributed by atoms with Crippen LogP contribution in [0.1, 0.15) is 12.2 Å². The summed E-state index contributed by atoms with van der Waals surface area (Å²) in [5.74, 6) is 1.67. The summed E-state index contributed by atoms with van der Waals surface area (Å²) in [5.41, 5.74) is 0.891. The Morgan fingerprint density at radius 3 is 3.09 bits per heavy atom. The minimum atomic E-state index is -0.0926. The summed E-state index contributed by atoms with van der Waals surface area (Å²) < 4.78 is 6.92. The largest absolute Gasteiger partial charge is 0.360 e. The molecule has 0 fully saturated rings. The van der Waals surface area contributed by atoms with Gasteiger partial charge in [0.05, 0.1) is 10.2 Å². The molecule has 0 aliphatic carbocycles. The lowest BCUT2D eigenvalue weighted by atomic mass is 10.3. The van der Waals surface area contributed by atoms with E-state index in [2.05, 4.69) is 15.5 Å². The third-order valence-electron chi connectivity index (χ3n) is 2.78. The van der Waals surface area contributed by atoms with Gasteiger partial charge in [-0.3, -0.25) is 4.79 Å². The lowest BCUT2D eigenvalue weighted by molar-refractivity contribution is -0.115. The van der Waals surface area contributed by atoms with Gasteiger partial charge in [0.1, 0.15) is 5.76 Å². The quantitative estimate of drug-likeness (QED) is 0.690. The third kappa shape index (κ3) is 3.79. The van der Waals surface area contributed by atoms with Crippen LogP contribution in [-0.4, -0.2) is 21.8 Å². The van der Waals surface area contributed by atoms with E-state index in [1.165, 1.54) is 0 Å². The van der Waals surface area contributed by atoms with Gasteiger partial charge in [-0.1, -0.05) is 28.5 Å². The number of aryl methyl sites for hydroxylation is 1. The van der Waals surface area contributed by atoms with E-state index in [0.717, 1.165) is 14.6 Å². The van der Waals surface area contributed by atoms with Crippen molar-refractivity contribution in [2.75, 3.05) is 11.1 Å². The number of anilines is 1. The molecule has 114 valence electrons. The molecule has 0 bridgehead atoms. The normalized spacial score (nSPS) is 11.0. The van der Waals surface area contributed by atoms with Crippen LogP contribution in [0.3, 0.4) is 0 Å². The first-order chi connectivity index (χ1) is 10.6. The van der Waals surface area contributed by atoms with Gasteiger partial charge in [-0.15, -0.1) is 11.3 Å². The summed E-state index contributed by atoms with van der Waals surface area (Å²) in [5, 5.41) is 7.09. The van der Waals surface area contributed by atoms with Crippen LogP contribution in [0.4, 0.5) is 5.82 Å². The number of aromatic nitrogens is 2. The SMILES string of the molecule is Cc1cc(NC(=O)CCSc2nc3cc(Cl)ccc3s2)no1. The molecule has 0 aliphatic rings. The van der Waals surface area contributed by atoms with Gasteiger partial charge >= 0.3 is 0 Å². The van der Waals surface area contributed by atoms with Crippen LogP contribution in [-0.2, 0) is 4.79 Å². The maximum atomic E-state index is 11.8. The zero-order valence-electron chi connectivity index (χ0n) is 11.6. The predicted octanol–water partition coefficient (Wildman–Crippen LogP) is 4.37. The van der Waals surface area contributed by atoms with E-state index in [9.17, 15) is 4.79 Å². The number of nitrogens with one attached hydrogen (secondary N) is 1. The number of halogens is 1. The lowest BCUT2D eigenvalue weighted by Gasteiger charge is -1.99. The van der Waals surface area contributed by atoms with Crippen molar-refractivity contribution >= 4 is 56.6 Å². The molecule has 3 rings (SSSR count). The van der Waals surface area contributed by atoms with Gasteiger partial charge in [0.2, 0.25) is 5.91 Å². The molecule has 2 heterocycles. The second-order valence-electron chi connectivity index (χ2n) is 4.56. The van der Waals surface area contributed by atoms with E-state index in [4.69, 9.17) is 16.1 Å². The van der Waals surface area contributed by atoms with Gasteiger partial charge in [-0.05, 0) is 25.1 Å². The molecule has 0 saturated heterocycles. The number of nitrogens with zero attached hydrogens (tertiary/aromatic N) is 2. The van der Waals surface area contributed by atoms with Crippen LogP contribution in [0.2, 0.25) is 5.02 Å². The van der Waals surface area contributed by atoms with E-state index in [0.29, 0.717) is 28.8 Å². The highest BCUT2D eigenvalue weighted by Crippen LogP contribution is 2.31. The number of fused-ring (bicyclic) bond motifs is 1. The van der Waals surface area contributed by atoms with Gasteiger partial charge in [-0.2, -0.15) is 0 Å². The molecular formula is C14H12ClN3O2S2. The summed E-state index contributed by atoms with van der Waals surface area (Å²) in [7, 11) is 0. The summed E-state index contributed by atoms with van der Waals surface area (Å²) in [6, 6.07) is 7.34. The molecule has 1 aromatic carbocycles. The number of thiazole rings is 1. The van der Waals surface area contributed by atoms with Crippen LogP contribution >= 0.6 is 34.7 Å². The van der Waals surface area contributed by atoms with Crippen molar-refractivity contribution in [1.29, 1.82) is 0 Å². The minimum absolute atomic E-state index is 0.0926. The molecular weight excluding hydrogens is 342 g/mol. The van der Waals surface area contributed by atoms with E-state index in [-0.39, 0.29) is 5.91 Å². The average molecular weight is 354 g/mol. The molecule has 22 heavy (non-hydrogen) atoms. The van der Waals surface area contributed by atoms with E-state index < -0.39 is 0 Å². The van der Waals surface area contributed by atoms with Crippen molar-refractivity contribution < 1.29 is 9.32 Å². The molecule has 0 saturated carbocycles. The van der Waals surface area contributed by atoms with Gasteiger partial charge in [0.15, 0.2) is 10.2 Å². The molecule has 0 atom stereocenters. The molecule has 2 aromatic heterocycles. The number of rotatable bonds is 5. The van der Waals surface area contributed by atoms with Crippen molar-refractivity contribution in [3.8, 4) is 0 Å². The highest BCUT2D eigenvalue weighted by atomic mass is 35.5. The Balaban J connectivity index is 1.52. The highest BCUT2D eigenvalue weighted by Gasteiger charge is 2.08. The smallest absolute Gasteiger partial charge is 0.226 e. The van der Waals surface area contributed by atoms with Crippen LogP contribution in [0.25, 0.3) is 10.2 Å².